The lowest BCUT2D eigenvalue weighted by Gasteiger charge is -2.21. The van der Waals surface area contributed by atoms with Gasteiger partial charge in [-0.2, -0.15) is 0 Å². The maximum absolute atomic E-state index is 11.9. The smallest absolute Gasteiger partial charge is 0.230 e. The number of carboxylic acid groups (broad SMARTS) is 1. The van der Waals surface area contributed by atoms with E-state index >= 15 is 0 Å². The fourth-order valence-corrected chi connectivity index (χ4v) is 5.09. The first-order valence-corrected chi connectivity index (χ1v) is 11.5. The third kappa shape index (κ3) is 7.40. The number of amides is 1. The number of carbonyl (C=O) groups is 2. The number of rotatable bonds is 9. The van der Waals surface area contributed by atoms with Crippen molar-refractivity contribution in [3.8, 4) is 0 Å². The normalized spacial score (nSPS) is 14.8. The highest BCUT2D eigenvalue weighted by Crippen LogP contribution is 2.56. The molecule has 0 saturated carbocycles. The Hall–Kier alpha value is -0.880. The van der Waals surface area contributed by atoms with Crippen molar-refractivity contribution in [2.45, 2.75) is 19.4 Å². The number of aliphatic carboxylic acids is 1. The number of hydrogen-bond donors (Lipinski definition) is 1. The van der Waals surface area contributed by atoms with E-state index < -0.39 is 17.5 Å². The molecule has 8 heteroatoms. The number of carboxylic acids is 1. The van der Waals surface area contributed by atoms with Gasteiger partial charge in [0.1, 0.15) is 5.47 Å². The lowest BCUT2D eigenvalue weighted by atomic mass is 10.1. The highest BCUT2D eigenvalue weighted by atomic mass is 32.9. The molecule has 0 fully saturated rings. The average Bonchev–Trinajstić information content (AvgIpc) is 2.45. The zero-order valence-electron chi connectivity index (χ0n) is 12.5. The van der Waals surface area contributed by atoms with Gasteiger partial charge in [0, 0.05) is 6.61 Å². The third-order valence-electron chi connectivity index (χ3n) is 2.70. The van der Waals surface area contributed by atoms with Gasteiger partial charge in [-0.3, -0.25) is 4.79 Å². The summed E-state index contributed by atoms with van der Waals surface area (Å²) in [7, 11) is 0. The summed E-state index contributed by atoms with van der Waals surface area (Å²) in [6, 6.07) is 8.02. The van der Waals surface area contributed by atoms with Crippen LogP contribution in [0.3, 0.4) is 0 Å². The van der Waals surface area contributed by atoms with Crippen LogP contribution < -0.4 is 10.4 Å². The number of nitrogens with one attached hydrogen (secondary N) is 1. The summed E-state index contributed by atoms with van der Waals surface area (Å²) in [5.41, 5.74) is -1.23. The van der Waals surface area contributed by atoms with Crippen LogP contribution in [-0.4, -0.2) is 36.9 Å². The van der Waals surface area contributed by atoms with E-state index in [0.29, 0.717) is 6.61 Å². The zero-order valence-corrected chi connectivity index (χ0v) is 15.0. The van der Waals surface area contributed by atoms with Crippen molar-refractivity contribution in [3.05, 3.63) is 35.9 Å². The maximum Gasteiger partial charge on any atom is 0.230 e. The highest BCUT2D eigenvalue weighted by Gasteiger charge is 2.17. The molecular weight excluding hydrogens is 341 g/mol. The van der Waals surface area contributed by atoms with Crippen LogP contribution >= 0.6 is 16.8 Å². The molecule has 0 spiro atoms. The quantitative estimate of drug-likeness (QED) is 0.666. The van der Waals surface area contributed by atoms with E-state index in [1.54, 1.807) is 18.8 Å². The van der Waals surface area contributed by atoms with E-state index in [2.05, 4.69) is 5.32 Å². The van der Waals surface area contributed by atoms with Gasteiger partial charge in [-0.05, 0) is 25.6 Å². The Morgan fingerprint density at radius 1 is 1.41 bits per heavy atom. The predicted octanol–water partition coefficient (Wildman–Crippen LogP) is 1.17. The summed E-state index contributed by atoms with van der Waals surface area (Å²) in [6.45, 7) is 4.14. The molecule has 0 unspecified atom stereocenters. The Balaban J connectivity index is 2.55. The molecule has 1 N–H and O–H groups in total. The molecule has 0 bridgehead atoms. The van der Waals surface area contributed by atoms with Gasteiger partial charge in [-0.25, -0.2) is 0 Å². The zero-order chi connectivity index (χ0) is 16.6. The fourth-order valence-electron chi connectivity index (χ4n) is 1.73. The monoisotopic (exact) mass is 360 g/mol. The molecule has 122 valence electrons. The number of hydrogen-bond acceptors (Lipinski definition) is 6. The van der Waals surface area contributed by atoms with Crippen molar-refractivity contribution >= 4 is 40.5 Å². The van der Waals surface area contributed by atoms with Crippen LogP contribution in [-0.2, 0) is 32.3 Å². The molecule has 22 heavy (non-hydrogen) atoms. The van der Waals surface area contributed by atoms with Gasteiger partial charge in [0.2, 0.25) is 5.91 Å². The van der Waals surface area contributed by atoms with Crippen LogP contribution in [0.15, 0.2) is 30.3 Å². The van der Waals surface area contributed by atoms with Crippen LogP contribution in [0.25, 0.3) is 0 Å². The van der Waals surface area contributed by atoms with Gasteiger partial charge >= 0.3 is 0 Å². The minimum atomic E-state index is -2.05. The van der Waals surface area contributed by atoms with E-state index in [0.717, 1.165) is 5.56 Å². The summed E-state index contributed by atoms with van der Waals surface area (Å²) in [5.74, 6) is -1.61. The van der Waals surface area contributed by atoms with E-state index in [4.69, 9.17) is 16.3 Å². The van der Waals surface area contributed by atoms with E-state index in [-0.39, 0.29) is 18.1 Å². The van der Waals surface area contributed by atoms with Crippen LogP contribution in [0.1, 0.15) is 12.5 Å². The first kappa shape index (κ1) is 19.2. The molecule has 0 radical (unpaired) electrons. The summed E-state index contributed by atoms with van der Waals surface area (Å²) in [6.07, 6.45) is 0.186. The average molecular weight is 360 g/mol. The second-order valence-corrected chi connectivity index (χ2v) is 12.6. The van der Waals surface area contributed by atoms with E-state index in [1.807, 2.05) is 25.1 Å². The summed E-state index contributed by atoms with van der Waals surface area (Å²) < 4.78 is 5.41. The summed E-state index contributed by atoms with van der Waals surface area (Å²) >= 11 is 6.52. The van der Waals surface area contributed by atoms with Gasteiger partial charge in [0.15, 0.2) is 0 Å². The van der Waals surface area contributed by atoms with Crippen molar-refractivity contribution in [2.75, 3.05) is 19.0 Å². The molecule has 0 heterocycles. The van der Waals surface area contributed by atoms with Gasteiger partial charge < -0.3 is 19.7 Å². The minimum Gasteiger partial charge on any atom is -0.548 e. The second kappa shape index (κ2) is 9.30. The van der Waals surface area contributed by atoms with Crippen LogP contribution in [0, 0.1) is 0 Å². The van der Waals surface area contributed by atoms with Gasteiger partial charge in [-0.15, -0.1) is 0 Å². The van der Waals surface area contributed by atoms with E-state index in [9.17, 15) is 14.7 Å². The van der Waals surface area contributed by atoms with Gasteiger partial charge in [0.25, 0.3) is 0 Å². The Morgan fingerprint density at radius 2 is 2.05 bits per heavy atom. The molecular formula is C14H19NO4PS2-. The predicted molar refractivity (Wildman–Crippen MR) is 91.4 cm³/mol. The van der Waals surface area contributed by atoms with Crippen molar-refractivity contribution in [2.24, 2.45) is 0 Å². The molecule has 0 aromatic heterocycles. The van der Waals surface area contributed by atoms with Gasteiger partial charge in [-0.1, -0.05) is 53.5 Å². The van der Waals surface area contributed by atoms with E-state index in [1.165, 1.54) is 11.4 Å². The molecule has 0 aliphatic carbocycles. The van der Waals surface area contributed by atoms with Crippen LogP contribution in [0.5, 0.6) is 0 Å². The minimum absolute atomic E-state index is 0.0757. The highest BCUT2D eigenvalue weighted by molar-refractivity contribution is 8.69. The largest absolute Gasteiger partial charge is 0.548 e. The van der Waals surface area contributed by atoms with Crippen LogP contribution in [0.4, 0.5) is 0 Å². The Labute approximate surface area is 139 Å². The van der Waals surface area contributed by atoms with Crippen molar-refractivity contribution < 1.29 is 19.2 Å². The molecule has 1 aromatic carbocycles. The molecule has 1 amide bonds. The Morgan fingerprint density at radius 3 is 2.59 bits per heavy atom. The fraction of sp³-hybridized carbons (Fsp3) is 0.429. The van der Waals surface area contributed by atoms with Crippen LogP contribution in [0.2, 0.25) is 0 Å². The van der Waals surface area contributed by atoms with Crippen molar-refractivity contribution in [1.82, 2.24) is 5.32 Å². The topological polar surface area (TPSA) is 78.5 Å². The molecule has 0 aliphatic heterocycles. The molecule has 1 aromatic rings. The molecule has 0 aliphatic rings. The molecule has 5 nitrogen and oxygen atoms in total. The van der Waals surface area contributed by atoms with Crippen molar-refractivity contribution in [3.63, 3.8) is 0 Å². The van der Waals surface area contributed by atoms with Gasteiger partial charge in [0.05, 0.1) is 17.8 Å². The molecule has 1 rings (SSSR count). The Kier molecular flexibility index (Phi) is 8.10. The number of benzene rings is 1. The SMILES string of the molecule is CCO[P@@](C)(=S)SCC(=O)N[C@@H](Cc1ccccc1)C(=O)[O-]. The lowest BCUT2D eigenvalue weighted by Crippen LogP contribution is -2.49. The molecule has 2 atom stereocenters. The first-order valence-electron chi connectivity index (χ1n) is 6.75. The third-order valence-corrected chi connectivity index (χ3v) is 7.66. The second-order valence-electron chi connectivity index (χ2n) is 4.59. The maximum atomic E-state index is 11.9. The first-order chi connectivity index (χ1) is 10.3. The lowest BCUT2D eigenvalue weighted by molar-refractivity contribution is -0.308. The standard InChI is InChI=1S/C14H20NO4PS2/c1-3-19-20(2,21)22-10-13(16)15-12(14(17)18)9-11-7-5-4-6-8-11/h4-8,12H,3,9-10H2,1-2H3,(H,15,16)(H,17,18)/p-1/t12-,20-/m0/s1. The van der Waals surface area contributed by atoms with Crippen molar-refractivity contribution in [1.29, 1.82) is 0 Å². The summed E-state index contributed by atoms with van der Waals surface area (Å²) in [4.78, 5) is 23.1. The number of carbonyl (C=O) groups excluding carboxylic acids is 2. The molecule has 0 saturated heterocycles. The Bertz CT molecular complexity index is 553. The summed E-state index contributed by atoms with van der Waals surface area (Å²) in [5, 5.41) is 13.6.